The summed E-state index contributed by atoms with van der Waals surface area (Å²) in [7, 11) is 0. The van der Waals surface area contributed by atoms with Crippen molar-refractivity contribution in [2.24, 2.45) is 4.99 Å². The molecule has 0 unspecified atom stereocenters. The first-order chi connectivity index (χ1) is 8.84. The van der Waals surface area contributed by atoms with Crippen LogP contribution in [0.15, 0.2) is 47.7 Å². The molecule has 88 valence electrons. The van der Waals surface area contributed by atoms with Gasteiger partial charge in [0.15, 0.2) is 0 Å². The lowest BCUT2D eigenvalue weighted by Gasteiger charge is -2.07. The fourth-order valence-electron chi connectivity index (χ4n) is 1.88. The summed E-state index contributed by atoms with van der Waals surface area (Å²) in [5.41, 5.74) is 3.17. The molecule has 2 aromatic rings. The van der Waals surface area contributed by atoms with E-state index in [-0.39, 0.29) is 12.5 Å². The molecule has 5 nitrogen and oxygen atoms in total. The van der Waals surface area contributed by atoms with Gasteiger partial charge in [0.25, 0.3) is 0 Å². The van der Waals surface area contributed by atoms with E-state index >= 15 is 0 Å². The summed E-state index contributed by atoms with van der Waals surface area (Å²) in [4.78, 5) is 15.9. The number of aromatic nitrogens is 2. The fraction of sp³-hybridized carbons (Fsp3) is 0.0769. The molecule has 0 atom stereocenters. The molecule has 0 saturated heterocycles. The number of benzene rings is 1. The molecule has 0 radical (unpaired) electrons. The van der Waals surface area contributed by atoms with E-state index in [0.29, 0.717) is 5.69 Å². The third kappa shape index (κ3) is 1.86. The summed E-state index contributed by atoms with van der Waals surface area (Å²) in [5.74, 6) is -0.143. The number of hydrogen-bond donors (Lipinski definition) is 1. The molecule has 2 heterocycles. The lowest BCUT2D eigenvalue weighted by Crippen LogP contribution is -2.13. The number of nitrogens with zero attached hydrogens (tertiary/aromatic N) is 3. The van der Waals surface area contributed by atoms with Gasteiger partial charge in [-0.3, -0.25) is 9.79 Å². The zero-order chi connectivity index (χ0) is 12.4. The number of hydrogen-bond acceptors (Lipinski definition) is 4. The molecule has 18 heavy (non-hydrogen) atoms. The Morgan fingerprint density at radius 2 is 1.83 bits per heavy atom. The highest BCUT2D eigenvalue weighted by atomic mass is 16.1. The summed E-state index contributed by atoms with van der Waals surface area (Å²) in [6.45, 7) is 0.110. The molecule has 1 aliphatic rings. The van der Waals surface area contributed by atoms with Gasteiger partial charge in [0.05, 0.1) is 23.8 Å². The molecule has 0 aliphatic carbocycles. The highest BCUT2D eigenvalue weighted by Gasteiger charge is 2.17. The monoisotopic (exact) mass is 238 g/mol. The molecule has 0 spiro atoms. The second-order valence-corrected chi connectivity index (χ2v) is 3.90. The van der Waals surface area contributed by atoms with Crippen LogP contribution in [0.4, 0.5) is 5.69 Å². The molecule has 1 aromatic carbocycles. The van der Waals surface area contributed by atoms with Crippen molar-refractivity contribution in [3.05, 3.63) is 53.9 Å². The zero-order valence-corrected chi connectivity index (χ0v) is 9.50. The van der Waals surface area contributed by atoms with Gasteiger partial charge in [0.2, 0.25) is 5.91 Å². The second kappa shape index (κ2) is 4.37. The average Bonchev–Trinajstić information content (AvgIpc) is 2.58. The quantitative estimate of drug-likeness (QED) is 0.813. The van der Waals surface area contributed by atoms with E-state index in [1.165, 1.54) is 6.20 Å². The minimum atomic E-state index is -0.143. The highest BCUT2D eigenvalue weighted by molar-refractivity contribution is 6.18. The number of aliphatic imine (C=N–C) groups is 1. The molecule has 0 bridgehead atoms. The number of carbonyl (C=O) groups excluding carboxylic acids is 1. The van der Waals surface area contributed by atoms with Crippen LogP contribution in [0.1, 0.15) is 11.1 Å². The number of amides is 1. The molecule has 0 fully saturated rings. The minimum Gasteiger partial charge on any atom is -0.322 e. The van der Waals surface area contributed by atoms with Crippen LogP contribution in [0.5, 0.6) is 0 Å². The predicted molar refractivity (Wildman–Crippen MR) is 67.6 cm³/mol. The number of rotatable bonds is 1. The van der Waals surface area contributed by atoms with E-state index in [1.807, 2.05) is 30.3 Å². The topological polar surface area (TPSA) is 67.2 Å². The van der Waals surface area contributed by atoms with E-state index in [9.17, 15) is 4.79 Å². The van der Waals surface area contributed by atoms with Crippen LogP contribution in [0, 0.1) is 0 Å². The predicted octanol–water partition coefficient (Wildman–Crippen LogP) is 1.27. The molecule has 0 saturated carbocycles. The highest BCUT2D eigenvalue weighted by Crippen LogP contribution is 2.20. The molecule has 1 aromatic heterocycles. The zero-order valence-electron chi connectivity index (χ0n) is 9.50. The molecule has 1 amide bonds. The van der Waals surface area contributed by atoms with Crippen molar-refractivity contribution in [1.82, 2.24) is 10.2 Å². The molecular formula is C13H10N4O. The van der Waals surface area contributed by atoms with Gasteiger partial charge >= 0.3 is 0 Å². The maximum Gasteiger partial charge on any atom is 0.246 e. The van der Waals surface area contributed by atoms with E-state index < -0.39 is 0 Å². The van der Waals surface area contributed by atoms with Crippen molar-refractivity contribution < 1.29 is 4.79 Å². The van der Waals surface area contributed by atoms with Crippen molar-refractivity contribution in [1.29, 1.82) is 0 Å². The number of anilines is 1. The van der Waals surface area contributed by atoms with Gasteiger partial charge in [0.1, 0.15) is 6.54 Å². The van der Waals surface area contributed by atoms with Gasteiger partial charge in [-0.2, -0.15) is 10.2 Å². The maximum atomic E-state index is 11.6. The first-order valence-corrected chi connectivity index (χ1v) is 5.55. The van der Waals surface area contributed by atoms with Gasteiger partial charge in [-0.1, -0.05) is 30.3 Å². The summed E-state index contributed by atoms with van der Waals surface area (Å²) in [6.07, 6.45) is 3.16. The van der Waals surface area contributed by atoms with Crippen molar-refractivity contribution >= 4 is 17.3 Å². The molecule has 1 N–H and O–H groups in total. The van der Waals surface area contributed by atoms with Crippen molar-refractivity contribution in [3.63, 3.8) is 0 Å². The van der Waals surface area contributed by atoms with Gasteiger partial charge in [-0.15, -0.1) is 0 Å². The summed E-state index contributed by atoms with van der Waals surface area (Å²) >= 11 is 0. The first kappa shape index (κ1) is 10.6. The molecule has 5 heteroatoms. The maximum absolute atomic E-state index is 11.6. The Labute approximate surface area is 104 Å². The summed E-state index contributed by atoms with van der Waals surface area (Å²) in [6, 6.07) is 9.73. The van der Waals surface area contributed by atoms with Crippen LogP contribution in [-0.2, 0) is 4.79 Å². The summed E-state index contributed by atoms with van der Waals surface area (Å²) < 4.78 is 0. The SMILES string of the molecule is O=C1CN=C(c2ccccc2)c2cnncc2N1. The normalized spacial score (nSPS) is 14.2. The second-order valence-electron chi connectivity index (χ2n) is 3.90. The van der Waals surface area contributed by atoms with E-state index in [2.05, 4.69) is 20.5 Å². The molecule has 3 rings (SSSR count). The Bertz CT molecular complexity index is 622. The van der Waals surface area contributed by atoms with E-state index in [1.54, 1.807) is 6.20 Å². The van der Waals surface area contributed by atoms with Crippen molar-refractivity contribution in [2.75, 3.05) is 11.9 Å². The van der Waals surface area contributed by atoms with Crippen LogP contribution in [0.2, 0.25) is 0 Å². The van der Waals surface area contributed by atoms with Crippen LogP contribution < -0.4 is 5.32 Å². The van der Waals surface area contributed by atoms with Crippen LogP contribution in [0.25, 0.3) is 0 Å². The third-order valence-corrected chi connectivity index (χ3v) is 2.69. The largest absolute Gasteiger partial charge is 0.322 e. The number of nitrogens with one attached hydrogen (secondary N) is 1. The first-order valence-electron chi connectivity index (χ1n) is 5.55. The van der Waals surface area contributed by atoms with Gasteiger partial charge in [0, 0.05) is 11.1 Å². The summed E-state index contributed by atoms with van der Waals surface area (Å²) in [5, 5.41) is 10.4. The Kier molecular flexibility index (Phi) is 2.57. The van der Waals surface area contributed by atoms with E-state index in [4.69, 9.17) is 0 Å². The van der Waals surface area contributed by atoms with Crippen molar-refractivity contribution in [3.8, 4) is 0 Å². The van der Waals surface area contributed by atoms with Crippen molar-refractivity contribution in [2.45, 2.75) is 0 Å². The standard InChI is InChI=1S/C13H10N4O/c18-12-8-14-13(9-4-2-1-3-5-9)10-6-15-16-7-11(10)17-12/h1-7H,8H2,(H,17,18). The molecule has 1 aliphatic heterocycles. The minimum absolute atomic E-state index is 0.110. The molecular weight excluding hydrogens is 228 g/mol. The fourth-order valence-corrected chi connectivity index (χ4v) is 1.88. The van der Waals surface area contributed by atoms with Gasteiger partial charge < -0.3 is 5.32 Å². The average molecular weight is 238 g/mol. The Morgan fingerprint density at radius 3 is 2.67 bits per heavy atom. The lowest BCUT2D eigenvalue weighted by molar-refractivity contribution is -0.114. The van der Waals surface area contributed by atoms with Gasteiger partial charge in [-0.25, -0.2) is 0 Å². The lowest BCUT2D eigenvalue weighted by atomic mass is 10.0. The number of fused-ring (bicyclic) bond motifs is 1. The number of carbonyl (C=O) groups is 1. The Hall–Kier alpha value is -2.56. The Balaban J connectivity index is 2.17. The third-order valence-electron chi connectivity index (χ3n) is 2.69. The van der Waals surface area contributed by atoms with Crippen LogP contribution in [-0.4, -0.2) is 28.4 Å². The van der Waals surface area contributed by atoms with E-state index in [0.717, 1.165) is 16.8 Å². The van der Waals surface area contributed by atoms with Crippen LogP contribution in [0.3, 0.4) is 0 Å². The van der Waals surface area contributed by atoms with Crippen LogP contribution >= 0.6 is 0 Å². The Morgan fingerprint density at radius 1 is 1.06 bits per heavy atom. The smallest absolute Gasteiger partial charge is 0.246 e. The van der Waals surface area contributed by atoms with Gasteiger partial charge in [-0.05, 0) is 0 Å².